The van der Waals surface area contributed by atoms with Crippen molar-refractivity contribution in [3.05, 3.63) is 76.8 Å². The number of benzene rings is 2. The summed E-state index contributed by atoms with van der Waals surface area (Å²) in [5, 5.41) is 7.38. The molecule has 2 heterocycles. The minimum Gasteiger partial charge on any atom is -0.338 e. The summed E-state index contributed by atoms with van der Waals surface area (Å²) >= 11 is 1.27. The number of amides is 1. The maximum absolute atomic E-state index is 13.3. The Labute approximate surface area is 169 Å². The van der Waals surface area contributed by atoms with E-state index in [4.69, 9.17) is 4.52 Å². The van der Waals surface area contributed by atoms with Crippen molar-refractivity contribution in [2.24, 2.45) is 7.05 Å². The maximum atomic E-state index is 13.3. The minimum absolute atomic E-state index is 0.0904. The lowest BCUT2D eigenvalue weighted by atomic mass is 10.1. The third-order valence-corrected chi connectivity index (χ3v) is 5.42. The van der Waals surface area contributed by atoms with Gasteiger partial charge < -0.3 is 9.09 Å². The van der Waals surface area contributed by atoms with Gasteiger partial charge in [-0.1, -0.05) is 35.5 Å². The van der Waals surface area contributed by atoms with E-state index in [-0.39, 0.29) is 28.9 Å². The van der Waals surface area contributed by atoms with Crippen molar-refractivity contribution >= 4 is 34.5 Å². The molecular formula is C21H16FN3O3S. The molecule has 1 amide bonds. The number of aryl methyl sites for hydroxylation is 1. The number of anilines is 1. The Hall–Kier alpha value is -3.39. The summed E-state index contributed by atoms with van der Waals surface area (Å²) in [6, 6.07) is 16.5. The number of carbonyl (C=O) groups excluding carboxylic acids is 1. The molecule has 8 heteroatoms. The Balaban J connectivity index is 1.46. The summed E-state index contributed by atoms with van der Waals surface area (Å²) < 4.78 is 20.0. The third kappa shape index (κ3) is 4.07. The van der Waals surface area contributed by atoms with Crippen molar-refractivity contribution < 1.29 is 13.7 Å². The van der Waals surface area contributed by atoms with Gasteiger partial charge >= 0.3 is 0 Å². The quantitative estimate of drug-likeness (QED) is 0.503. The van der Waals surface area contributed by atoms with Gasteiger partial charge in [0.15, 0.2) is 0 Å². The van der Waals surface area contributed by atoms with Crippen LogP contribution in [0.5, 0.6) is 0 Å². The Morgan fingerprint density at radius 1 is 1.17 bits per heavy atom. The van der Waals surface area contributed by atoms with Crippen molar-refractivity contribution in [3.8, 4) is 11.3 Å². The number of hydrogen-bond donors (Lipinski definition) is 1. The molecule has 29 heavy (non-hydrogen) atoms. The molecule has 0 saturated carbocycles. The number of pyridine rings is 1. The Morgan fingerprint density at radius 2 is 2.00 bits per heavy atom. The van der Waals surface area contributed by atoms with E-state index in [1.165, 1.54) is 36.0 Å². The van der Waals surface area contributed by atoms with Gasteiger partial charge in [0.1, 0.15) is 11.5 Å². The number of hydrogen-bond acceptors (Lipinski definition) is 5. The molecular weight excluding hydrogens is 393 g/mol. The van der Waals surface area contributed by atoms with Gasteiger partial charge in [-0.3, -0.25) is 14.9 Å². The smallest absolute Gasteiger partial charge is 0.251 e. The van der Waals surface area contributed by atoms with Gasteiger partial charge in [-0.15, -0.1) is 11.8 Å². The lowest BCUT2D eigenvalue weighted by Gasteiger charge is -2.09. The maximum Gasteiger partial charge on any atom is 0.251 e. The molecule has 6 nitrogen and oxygen atoms in total. The molecule has 0 fully saturated rings. The van der Waals surface area contributed by atoms with Crippen molar-refractivity contribution in [1.82, 2.24) is 9.72 Å². The van der Waals surface area contributed by atoms with Crippen LogP contribution in [0.1, 0.15) is 0 Å². The Bertz CT molecular complexity index is 1270. The van der Waals surface area contributed by atoms with E-state index >= 15 is 0 Å². The van der Waals surface area contributed by atoms with E-state index in [0.717, 1.165) is 15.8 Å². The van der Waals surface area contributed by atoms with E-state index in [0.29, 0.717) is 11.3 Å². The van der Waals surface area contributed by atoms with Gasteiger partial charge in [0.05, 0.1) is 11.3 Å². The molecule has 0 atom stereocenters. The highest BCUT2D eigenvalue weighted by Gasteiger charge is 2.12. The predicted octanol–water partition coefficient (Wildman–Crippen LogP) is 4.06. The van der Waals surface area contributed by atoms with Gasteiger partial charge in [0, 0.05) is 35.0 Å². The number of carbonyl (C=O) groups is 1. The Morgan fingerprint density at radius 3 is 2.83 bits per heavy atom. The van der Waals surface area contributed by atoms with Crippen LogP contribution in [0, 0.1) is 5.82 Å². The number of thioether (sulfide) groups is 1. The molecule has 0 aliphatic heterocycles. The molecule has 0 bridgehead atoms. The van der Waals surface area contributed by atoms with Crippen LogP contribution in [0.15, 0.2) is 74.9 Å². The van der Waals surface area contributed by atoms with Crippen LogP contribution < -0.4 is 10.9 Å². The molecule has 2 aromatic carbocycles. The van der Waals surface area contributed by atoms with Gasteiger partial charge in [-0.2, -0.15) is 0 Å². The molecule has 0 unspecified atom stereocenters. The van der Waals surface area contributed by atoms with E-state index in [2.05, 4.69) is 10.5 Å². The van der Waals surface area contributed by atoms with E-state index < -0.39 is 0 Å². The third-order valence-electron chi connectivity index (χ3n) is 4.37. The van der Waals surface area contributed by atoms with Gasteiger partial charge in [-0.05, 0) is 18.2 Å². The van der Waals surface area contributed by atoms with Crippen LogP contribution in [0.25, 0.3) is 22.2 Å². The fourth-order valence-electron chi connectivity index (χ4n) is 2.93. The summed E-state index contributed by atoms with van der Waals surface area (Å²) in [7, 11) is 1.71. The lowest BCUT2D eigenvalue weighted by molar-refractivity contribution is -0.113. The normalized spacial score (nSPS) is 11.0. The summed E-state index contributed by atoms with van der Waals surface area (Å²) in [5.74, 6) is -0.424. The van der Waals surface area contributed by atoms with Crippen molar-refractivity contribution in [2.45, 2.75) is 4.90 Å². The first-order chi connectivity index (χ1) is 14.0. The topological polar surface area (TPSA) is 77.1 Å². The van der Waals surface area contributed by atoms with Crippen molar-refractivity contribution in [3.63, 3.8) is 0 Å². The predicted molar refractivity (Wildman–Crippen MR) is 110 cm³/mol. The highest BCUT2D eigenvalue weighted by Crippen LogP contribution is 2.27. The average molecular weight is 409 g/mol. The first-order valence-corrected chi connectivity index (χ1v) is 9.74. The van der Waals surface area contributed by atoms with Crippen LogP contribution in [-0.4, -0.2) is 21.4 Å². The zero-order valence-corrected chi connectivity index (χ0v) is 16.2. The summed E-state index contributed by atoms with van der Waals surface area (Å²) in [6.45, 7) is 0. The number of fused-ring (bicyclic) bond motifs is 1. The van der Waals surface area contributed by atoms with Gasteiger partial charge in [0.25, 0.3) is 5.56 Å². The molecule has 2 aromatic heterocycles. The van der Waals surface area contributed by atoms with Crippen molar-refractivity contribution in [1.29, 1.82) is 0 Å². The summed E-state index contributed by atoms with van der Waals surface area (Å²) in [4.78, 5) is 25.2. The van der Waals surface area contributed by atoms with E-state index in [1.807, 2.05) is 24.3 Å². The van der Waals surface area contributed by atoms with Crippen LogP contribution in [0.4, 0.5) is 10.3 Å². The second kappa shape index (κ2) is 7.92. The second-order valence-corrected chi connectivity index (χ2v) is 7.36. The average Bonchev–Trinajstić information content (AvgIpc) is 3.18. The fraction of sp³-hybridized carbons (Fsp3) is 0.0952. The van der Waals surface area contributed by atoms with Crippen LogP contribution in [-0.2, 0) is 11.8 Å². The summed E-state index contributed by atoms with van der Waals surface area (Å²) in [6.07, 6.45) is 0. The molecule has 4 rings (SSSR count). The SMILES string of the molecule is Cn1c(=O)cc(SCC(=O)Nc2cc(-c3cccc(F)c3)no2)c2ccccc21. The molecule has 0 spiro atoms. The lowest BCUT2D eigenvalue weighted by Crippen LogP contribution is -2.17. The van der Waals surface area contributed by atoms with Gasteiger partial charge in [0.2, 0.25) is 11.8 Å². The second-order valence-electron chi connectivity index (χ2n) is 6.35. The molecule has 4 aromatic rings. The highest BCUT2D eigenvalue weighted by atomic mass is 32.2. The zero-order valence-electron chi connectivity index (χ0n) is 15.4. The van der Waals surface area contributed by atoms with E-state index in [9.17, 15) is 14.0 Å². The van der Waals surface area contributed by atoms with Crippen molar-refractivity contribution in [2.75, 3.05) is 11.1 Å². The van der Waals surface area contributed by atoms with Crippen LogP contribution in [0.3, 0.4) is 0 Å². The number of nitrogens with one attached hydrogen (secondary N) is 1. The standard InChI is InChI=1S/C21H16FN3O3S/c1-25-17-8-3-2-7-15(17)18(11-21(25)27)29-12-19(26)23-20-10-16(24-28-20)13-5-4-6-14(22)9-13/h2-11H,12H2,1H3,(H,23,26). The molecule has 0 radical (unpaired) electrons. The van der Waals surface area contributed by atoms with Crippen LogP contribution in [0.2, 0.25) is 0 Å². The first kappa shape index (κ1) is 18.9. The minimum atomic E-state index is -0.381. The zero-order chi connectivity index (χ0) is 20.4. The number of aromatic nitrogens is 2. The molecule has 146 valence electrons. The molecule has 0 aliphatic carbocycles. The fourth-order valence-corrected chi connectivity index (χ4v) is 3.81. The molecule has 0 saturated heterocycles. The number of halogens is 1. The van der Waals surface area contributed by atoms with E-state index in [1.54, 1.807) is 23.7 Å². The number of rotatable bonds is 5. The first-order valence-electron chi connectivity index (χ1n) is 8.75. The monoisotopic (exact) mass is 409 g/mol. The number of nitrogens with zero attached hydrogens (tertiary/aromatic N) is 2. The highest BCUT2D eigenvalue weighted by molar-refractivity contribution is 8.00. The molecule has 0 aliphatic rings. The number of para-hydroxylation sites is 1. The largest absolute Gasteiger partial charge is 0.338 e. The molecule has 1 N–H and O–H groups in total. The van der Waals surface area contributed by atoms with Gasteiger partial charge in [-0.25, -0.2) is 4.39 Å². The Kier molecular flexibility index (Phi) is 5.18. The van der Waals surface area contributed by atoms with Crippen LogP contribution >= 0.6 is 11.8 Å². The summed E-state index contributed by atoms with van der Waals surface area (Å²) in [5.41, 5.74) is 1.64.